The van der Waals surface area contributed by atoms with Gasteiger partial charge in [0.05, 0.1) is 0 Å². The second-order valence-corrected chi connectivity index (χ2v) is 19.0. The lowest BCUT2D eigenvalue weighted by Gasteiger charge is -2.19. The van der Waals surface area contributed by atoms with Gasteiger partial charge in [-0.15, -0.1) is 0 Å². The first-order valence-corrected chi connectivity index (χ1v) is 26.7. The molecule has 0 bridgehead atoms. The predicted molar refractivity (Wildman–Crippen MR) is 251 cm³/mol. The van der Waals surface area contributed by atoms with Crippen molar-refractivity contribution < 1.29 is 0 Å². The van der Waals surface area contributed by atoms with E-state index < -0.39 is 0 Å². The maximum atomic E-state index is 2.42. The second-order valence-electron chi connectivity index (χ2n) is 19.0. The summed E-state index contributed by atoms with van der Waals surface area (Å²) in [7, 11) is 0. The minimum Gasteiger partial charge on any atom is -0.0654 e. The van der Waals surface area contributed by atoms with E-state index in [9.17, 15) is 0 Å². The van der Waals surface area contributed by atoms with Gasteiger partial charge in [0.2, 0.25) is 0 Å². The van der Waals surface area contributed by atoms with Gasteiger partial charge in [0.1, 0.15) is 0 Å². The molecule has 0 unspecified atom stereocenters. The first kappa shape index (κ1) is 54.0. The van der Waals surface area contributed by atoms with E-state index in [1.54, 1.807) is 0 Å². The molecule has 0 spiro atoms. The molecule has 0 aromatic rings. The Balaban J connectivity index is 4.07. The molecule has 3 atom stereocenters. The highest BCUT2D eigenvalue weighted by Crippen LogP contribution is 2.28. The summed E-state index contributed by atoms with van der Waals surface area (Å²) >= 11 is 0. The molecule has 0 saturated carbocycles. The van der Waals surface area contributed by atoms with Crippen LogP contribution in [0.2, 0.25) is 0 Å². The maximum absolute atomic E-state index is 2.42. The van der Waals surface area contributed by atoms with Crippen molar-refractivity contribution in [2.24, 2.45) is 17.8 Å². The van der Waals surface area contributed by atoms with Crippen LogP contribution in [0.1, 0.15) is 330 Å². The van der Waals surface area contributed by atoms with Crippen molar-refractivity contribution in [1.29, 1.82) is 0 Å². The summed E-state index contributed by atoms with van der Waals surface area (Å²) in [5.74, 6) is 3.07. The Kier molecular flexibility index (Phi) is 47.4. The highest BCUT2D eigenvalue weighted by molar-refractivity contribution is 4.65. The van der Waals surface area contributed by atoms with Crippen molar-refractivity contribution in [3.05, 3.63) is 0 Å². The summed E-state index contributed by atoms with van der Waals surface area (Å²) in [6, 6.07) is 0. The fraction of sp³-hybridized carbons (Fsp3) is 1.00. The Bertz CT molecular complexity index is 636. The van der Waals surface area contributed by atoms with Gasteiger partial charge in [-0.05, 0) is 17.8 Å². The SMILES string of the molecule is CCCCCCCCCCCC[C@@H](CCCCCC)CCCCC[C@H](CCCCCC)CCCCCCCCCCCCCC[C@@H](CC)CCCCCC. The van der Waals surface area contributed by atoms with Gasteiger partial charge in [0.15, 0.2) is 0 Å². The molecule has 0 heteroatoms. The van der Waals surface area contributed by atoms with Gasteiger partial charge in [0.25, 0.3) is 0 Å². The summed E-state index contributed by atoms with van der Waals surface area (Å²) in [4.78, 5) is 0. The molecule has 0 radical (unpaired) electrons. The van der Waals surface area contributed by atoms with Crippen LogP contribution in [0.15, 0.2) is 0 Å². The lowest BCUT2D eigenvalue weighted by atomic mass is 9.87. The van der Waals surface area contributed by atoms with Crippen LogP contribution >= 0.6 is 0 Å². The maximum Gasteiger partial charge on any atom is -0.0414 e. The lowest BCUT2D eigenvalue weighted by molar-refractivity contribution is 0.346. The Hall–Kier alpha value is 0. The number of hydrogen-bond acceptors (Lipinski definition) is 0. The van der Waals surface area contributed by atoms with Crippen molar-refractivity contribution in [3.8, 4) is 0 Å². The highest BCUT2D eigenvalue weighted by atomic mass is 14.2. The lowest BCUT2D eigenvalue weighted by Crippen LogP contribution is -2.03. The van der Waals surface area contributed by atoms with E-state index >= 15 is 0 Å². The summed E-state index contributed by atoms with van der Waals surface area (Å²) in [6.07, 6.45) is 68.1. The van der Waals surface area contributed by atoms with Crippen LogP contribution in [0.4, 0.5) is 0 Å². The largest absolute Gasteiger partial charge is 0.0654 e. The summed E-state index contributed by atoms with van der Waals surface area (Å²) in [5.41, 5.74) is 0. The van der Waals surface area contributed by atoms with E-state index in [1.807, 2.05) is 0 Å². The molecule has 0 aromatic carbocycles. The standard InChI is InChI=1S/C54H110/c1-6-11-15-19-20-21-26-30-33-40-48-53(46-37-17-13-8-3)50-42-35-43-51-54(47-38-18-14-9-4)49-41-34-31-28-25-23-22-24-27-29-32-39-45-52(10-5)44-36-16-12-7-2/h52-54H,6-51H2,1-5H3/t52-,53+,54+/m0/s1. The highest BCUT2D eigenvalue weighted by Gasteiger charge is 2.12. The van der Waals surface area contributed by atoms with E-state index in [-0.39, 0.29) is 0 Å². The molecule has 0 nitrogen and oxygen atoms in total. The van der Waals surface area contributed by atoms with Gasteiger partial charge in [-0.2, -0.15) is 0 Å². The third kappa shape index (κ3) is 41.6. The molecule has 54 heavy (non-hydrogen) atoms. The fourth-order valence-corrected chi connectivity index (χ4v) is 9.60. The zero-order valence-electron chi connectivity index (χ0n) is 39.3. The molecular weight excluding hydrogens is 649 g/mol. The number of hydrogen-bond donors (Lipinski definition) is 0. The fourth-order valence-electron chi connectivity index (χ4n) is 9.60. The molecular formula is C54H110. The molecule has 0 heterocycles. The van der Waals surface area contributed by atoms with Gasteiger partial charge in [-0.3, -0.25) is 0 Å². The zero-order valence-corrected chi connectivity index (χ0v) is 39.3. The van der Waals surface area contributed by atoms with Gasteiger partial charge in [-0.25, -0.2) is 0 Å². The van der Waals surface area contributed by atoms with E-state index in [1.165, 1.54) is 295 Å². The quantitative estimate of drug-likeness (QED) is 0.0542. The molecule has 0 fully saturated rings. The van der Waals surface area contributed by atoms with Crippen LogP contribution < -0.4 is 0 Å². The van der Waals surface area contributed by atoms with Gasteiger partial charge < -0.3 is 0 Å². The minimum atomic E-state index is 1.01. The summed E-state index contributed by atoms with van der Waals surface area (Å²) < 4.78 is 0. The molecule has 0 aliphatic heterocycles. The van der Waals surface area contributed by atoms with Crippen LogP contribution in [0.5, 0.6) is 0 Å². The van der Waals surface area contributed by atoms with E-state index in [0.717, 1.165) is 17.8 Å². The van der Waals surface area contributed by atoms with Gasteiger partial charge >= 0.3 is 0 Å². The van der Waals surface area contributed by atoms with Crippen molar-refractivity contribution in [3.63, 3.8) is 0 Å². The molecule has 0 rings (SSSR count). The third-order valence-corrected chi connectivity index (χ3v) is 13.6. The van der Waals surface area contributed by atoms with Crippen molar-refractivity contribution in [1.82, 2.24) is 0 Å². The summed E-state index contributed by atoms with van der Waals surface area (Å²) in [5, 5.41) is 0. The van der Waals surface area contributed by atoms with Crippen LogP contribution in [-0.4, -0.2) is 0 Å². The summed E-state index contributed by atoms with van der Waals surface area (Å²) in [6.45, 7) is 11.8. The minimum absolute atomic E-state index is 1.01. The van der Waals surface area contributed by atoms with Crippen LogP contribution in [0.3, 0.4) is 0 Å². The smallest absolute Gasteiger partial charge is 0.0414 e. The third-order valence-electron chi connectivity index (χ3n) is 13.6. The normalized spacial score (nSPS) is 13.5. The molecule has 0 aliphatic rings. The van der Waals surface area contributed by atoms with Crippen LogP contribution in [0, 0.1) is 17.8 Å². The Morgan fingerprint density at radius 1 is 0.167 bits per heavy atom. The monoisotopic (exact) mass is 759 g/mol. The molecule has 0 N–H and O–H groups in total. The molecule has 0 amide bonds. The van der Waals surface area contributed by atoms with Crippen molar-refractivity contribution >= 4 is 0 Å². The predicted octanol–water partition coefficient (Wildman–Crippen LogP) is 20.9. The first-order valence-electron chi connectivity index (χ1n) is 26.7. The van der Waals surface area contributed by atoms with Crippen LogP contribution in [0.25, 0.3) is 0 Å². The van der Waals surface area contributed by atoms with E-state index in [4.69, 9.17) is 0 Å². The van der Waals surface area contributed by atoms with E-state index in [0.29, 0.717) is 0 Å². The average molecular weight is 759 g/mol. The van der Waals surface area contributed by atoms with Crippen molar-refractivity contribution in [2.75, 3.05) is 0 Å². The molecule has 0 aliphatic carbocycles. The van der Waals surface area contributed by atoms with Crippen LogP contribution in [-0.2, 0) is 0 Å². The molecule has 326 valence electrons. The Morgan fingerprint density at radius 2 is 0.315 bits per heavy atom. The Labute approximate surface area is 346 Å². The number of rotatable bonds is 48. The molecule has 0 aromatic heterocycles. The number of unbranched alkanes of at least 4 members (excludes halogenated alkanes) is 31. The molecule has 0 saturated heterocycles. The second kappa shape index (κ2) is 47.4. The van der Waals surface area contributed by atoms with Gasteiger partial charge in [0, 0.05) is 0 Å². The van der Waals surface area contributed by atoms with Crippen molar-refractivity contribution in [2.45, 2.75) is 330 Å². The first-order chi connectivity index (χ1) is 26.7. The zero-order chi connectivity index (χ0) is 39.3. The average Bonchev–Trinajstić information content (AvgIpc) is 3.18. The van der Waals surface area contributed by atoms with E-state index in [2.05, 4.69) is 34.6 Å². The Morgan fingerprint density at radius 3 is 0.519 bits per heavy atom. The van der Waals surface area contributed by atoms with Gasteiger partial charge in [-0.1, -0.05) is 330 Å². The topological polar surface area (TPSA) is 0 Å².